The largest absolute Gasteiger partial charge is 0.486 e. The Kier molecular flexibility index (Phi) is 3.26. The molecule has 1 aliphatic rings. The first-order valence-electron chi connectivity index (χ1n) is 4.85. The first kappa shape index (κ1) is 10.8. The zero-order chi connectivity index (χ0) is 11.4. The van der Waals surface area contributed by atoms with Crippen LogP contribution in [-0.2, 0) is 4.74 Å². The minimum atomic E-state index is 0.0838. The Bertz CT molecular complexity index is 388. The maximum atomic E-state index is 10.9. The summed E-state index contributed by atoms with van der Waals surface area (Å²) in [5, 5.41) is 0. The van der Waals surface area contributed by atoms with Crippen LogP contribution in [0.5, 0.6) is 17.2 Å². The zero-order valence-electron chi connectivity index (χ0n) is 8.89. The highest BCUT2D eigenvalue weighted by Gasteiger charge is 2.16. The number of hydrogen-bond acceptors (Lipinski definition) is 5. The molecule has 1 aliphatic heterocycles. The van der Waals surface area contributed by atoms with Crippen LogP contribution in [0.2, 0.25) is 0 Å². The van der Waals surface area contributed by atoms with Crippen LogP contribution >= 0.6 is 0 Å². The Hall–Kier alpha value is -1.75. The molecule has 0 spiro atoms. The first-order valence-corrected chi connectivity index (χ1v) is 4.85. The van der Waals surface area contributed by atoms with Crippen molar-refractivity contribution in [1.82, 2.24) is 0 Å². The summed E-state index contributed by atoms with van der Waals surface area (Å²) in [4.78, 5) is 10.9. The fraction of sp³-hybridized carbons (Fsp3) is 0.364. The van der Waals surface area contributed by atoms with Crippen molar-refractivity contribution in [1.29, 1.82) is 0 Å². The van der Waals surface area contributed by atoms with E-state index in [1.807, 2.05) is 0 Å². The summed E-state index contributed by atoms with van der Waals surface area (Å²) >= 11 is 0. The number of hydrogen-bond donors (Lipinski definition) is 0. The molecular formula is C11H12O5. The van der Waals surface area contributed by atoms with Gasteiger partial charge >= 0.3 is 0 Å². The van der Waals surface area contributed by atoms with Crippen LogP contribution in [0, 0.1) is 0 Å². The molecule has 1 aromatic carbocycles. The summed E-state index contributed by atoms with van der Waals surface area (Å²) in [6.45, 7) is 1.07. The highest BCUT2D eigenvalue weighted by atomic mass is 16.7. The van der Waals surface area contributed by atoms with E-state index in [2.05, 4.69) is 0 Å². The smallest absolute Gasteiger partial charge is 0.188 e. The fourth-order valence-electron chi connectivity index (χ4n) is 1.43. The van der Waals surface area contributed by atoms with Gasteiger partial charge in [0, 0.05) is 13.2 Å². The van der Waals surface area contributed by atoms with Crippen LogP contribution in [0.3, 0.4) is 0 Å². The van der Waals surface area contributed by atoms with Crippen LogP contribution in [0.25, 0.3) is 0 Å². The van der Waals surface area contributed by atoms with Crippen molar-refractivity contribution in [2.24, 2.45) is 0 Å². The van der Waals surface area contributed by atoms with E-state index in [0.717, 1.165) is 0 Å². The Morgan fingerprint density at radius 3 is 2.62 bits per heavy atom. The van der Waals surface area contributed by atoms with Crippen molar-refractivity contribution >= 4 is 6.29 Å². The van der Waals surface area contributed by atoms with E-state index < -0.39 is 0 Å². The van der Waals surface area contributed by atoms with Gasteiger partial charge in [0.2, 0.25) is 0 Å². The van der Waals surface area contributed by atoms with E-state index >= 15 is 0 Å². The van der Waals surface area contributed by atoms with E-state index in [-0.39, 0.29) is 6.79 Å². The number of aldehydes is 1. The summed E-state index contributed by atoms with van der Waals surface area (Å²) in [5.41, 5.74) is 0.418. The highest BCUT2D eigenvalue weighted by molar-refractivity contribution is 5.81. The summed E-state index contributed by atoms with van der Waals surface area (Å²) in [7, 11) is 1.51. The van der Waals surface area contributed by atoms with Gasteiger partial charge in [-0.2, -0.15) is 0 Å². The number of carbonyl (C=O) groups excluding carboxylic acids is 1. The summed E-state index contributed by atoms with van der Waals surface area (Å²) in [6.07, 6.45) is 0.712. The Balaban J connectivity index is 2.31. The average Bonchev–Trinajstić information content (AvgIpc) is 2.35. The van der Waals surface area contributed by atoms with Crippen molar-refractivity contribution in [3.05, 3.63) is 17.7 Å². The molecule has 0 atom stereocenters. The lowest BCUT2D eigenvalue weighted by Gasteiger charge is -2.19. The van der Waals surface area contributed by atoms with Gasteiger partial charge < -0.3 is 18.9 Å². The van der Waals surface area contributed by atoms with E-state index in [1.165, 1.54) is 7.11 Å². The van der Waals surface area contributed by atoms with Crippen LogP contribution in [0.4, 0.5) is 0 Å². The van der Waals surface area contributed by atoms with Crippen LogP contribution in [0.15, 0.2) is 12.1 Å². The predicted molar refractivity (Wildman–Crippen MR) is 55.3 cm³/mol. The van der Waals surface area contributed by atoms with Gasteiger partial charge in [-0.05, 0) is 6.07 Å². The Morgan fingerprint density at radius 1 is 1.31 bits per heavy atom. The minimum Gasteiger partial charge on any atom is -0.486 e. The molecule has 0 N–H and O–H groups in total. The van der Waals surface area contributed by atoms with Crippen molar-refractivity contribution in [3.8, 4) is 17.2 Å². The molecule has 0 saturated carbocycles. The number of benzene rings is 1. The Labute approximate surface area is 92.9 Å². The molecule has 0 radical (unpaired) electrons. The molecule has 0 unspecified atom stereocenters. The van der Waals surface area contributed by atoms with Gasteiger partial charge in [-0.25, -0.2) is 0 Å². The van der Waals surface area contributed by atoms with Gasteiger partial charge in [0.25, 0.3) is 0 Å². The lowest BCUT2D eigenvalue weighted by Crippen LogP contribution is -2.16. The van der Waals surface area contributed by atoms with E-state index in [9.17, 15) is 4.79 Å². The van der Waals surface area contributed by atoms with E-state index in [4.69, 9.17) is 18.9 Å². The molecule has 5 heteroatoms. The zero-order valence-corrected chi connectivity index (χ0v) is 8.89. The molecule has 0 aromatic heterocycles. The predicted octanol–water partition coefficient (Wildman–Crippen LogP) is 1.25. The maximum absolute atomic E-state index is 10.9. The lowest BCUT2D eigenvalue weighted by molar-refractivity contribution is 0.0500. The van der Waals surface area contributed by atoms with Crippen LogP contribution < -0.4 is 14.2 Å². The number of carbonyl (C=O) groups is 1. The maximum Gasteiger partial charge on any atom is 0.188 e. The summed E-state index contributed by atoms with van der Waals surface area (Å²) < 4.78 is 20.8. The molecule has 0 aliphatic carbocycles. The molecule has 0 bridgehead atoms. The number of fused-ring (bicyclic) bond motifs is 1. The number of rotatable bonds is 4. The van der Waals surface area contributed by atoms with Gasteiger partial charge in [0.15, 0.2) is 24.6 Å². The third-order valence-electron chi connectivity index (χ3n) is 2.13. The molecular weight excluding hydrogens is 212 g/mol. The number of methoxy groups -OCH3 is 1. The van der Waals surface area contributed by atoms with Gasteiger partial charge in [0.1, 0.15) is 19.0 Å². The molecule has 0 amide bonds. The van der Waals surface area contributed by atoms with E-state index in [1.54, 1.807) is 12.1 Å². The normalized spacial score (nSPS) is 13.3. The molecule has 2 rings (SSSR count). The lowest BCUT2D eigenvalue weighted by atomic mass is 10.2. The topological polar surface area (TPSA) is 54.0 Å². The second kappa shape index (κ2) is 4.85. The van der Waals surface area contributed by atoms with Crippen molar-refractivity contribution in [2.45, 2.75) is 0 Å². The fourth-order valence-corrected chi connectivity index (χ4v) is 1.43. The van der Waals surface area contributed by atoms with Crippen LogP contribution in [-0.4, -0.2) is 33.4 Å². The second-order valence-corrected chi connectivity index (χ2v) is 3.20. The van der Waals surface area contributed by atoms with Gasteiger partial charge in [-0.3, -0.25) is 4.79 Å². The van der Waals surface area contributed by atoms with Crippen molar-refractivity contribution in [3.63, 3.8) is 0 Å². The molecule has 0 saturated heterocycles. The quantitative estimate of drug-likeness (QED) is 0.569. The monoisotopic (exact) mass is 224 g/mol. The molecule has 16 heavy (non-hydrogen) atoms. The standard InChI is InChI=1S/C11H12O5/c1-13-7-16-9-5-11-10(4-8(9)6-12)14-2-3-15-11/h4-6H,2-3,7H2,1H3. The van der Waals surface area contributed by atoms with Crippen LogP contribution in [0.1, 0.15) is 10.4 Å². The van der Waals surface area contributed by atoms with E-state index in [0.29, 0.717) is 42.3 Å². The minimum absolute atomic E-state index is 0.0838. The average molecular weight is 224 g/mol. The third kappa shape index (κ3) is 2.09. The van der Waals surface area contributed by atoms with Crippen molar-refractivity contribution < 1.29 is 23.7 Å². The second-order valence-electron chi connectivity index (χ2n) is 3.20. The SMILES string of the molecule is COCOc1cc2c(cc1C=O)OCCO2. The number of ether oxygens (including phenoxy) is 4. The van der Waals surface area contributed by atoms with Crippen molar-refractivity contribution in [2.75, 3.05) is 27.1 Å². The third-order valence-corrected chi connectivity index (χ3v) is 2.13. The first-order chi connectivity index (χ1) is 7.85. The molecule has 86 valence electrons. The van der Waals surface area contributed by atoms with Gasteiger partial charge in [0.05, 0.1) is 5.56 Å². The molecule has 0 fully saturated rings. The summed E-state index contributed by atoms with van der Waals surface area (Å²) in [5.74, 6) is 1.59. The molecule has 1 aromatic rings. The molecule has 1 heterocycles. The van der Waals surface area contributed by atoms with Gasteiger partial charge in [-0.15, -0.1) is 0 Å². The highest BCUT2D eigenvalue weighted by Crippen LogP contribution is 2.36. The Morgan fingerprint density at radius 2 is 2.00 bits per heavy atom. The van der Waals surface area contributed by atoms with Gasteiger partial charge in [-0.1, -0.05) is 0 Å². The summed E-state index contributed by atoms with van der Waals surface area (Å²) in [6, 6.07) is 3.24. The molecule has 5 nitrogen and oxygen atoms in total.